The monoisotopic (exact) mass is 428 g/mol. The molecule has 5 rings (SSSR count). The second-order valence-corrected chi connectivity index (χ2v) is 7.96. The van der Waals surface area contributed by atoms with E-state index in [0.717, 1.165) is 30.0 Å². The van der Waals surface area contributed by atoms with Crippen LogP contribution in [0.4, 0.5) is 5.69 Å². The Kier molecular flexibility index (Phi) is 5.18. The van der Waals surface area contributed by atoms with E-state index in [1.54, 1.807) is 4.68 Å². The summed E-state index contributed by atoms with van der Waals surface area (Å²) in [5, 5.41) is 4.77. The van der Waals surface area contributed by atoms with Gasteiger partial charge in [0.1, 0.15) is 18.3 Å². The number of para-hydroxylation sites is 2. The van der Waals surface area contributed by atoms with Gasteiger partial charge in [0.15, 0.2) is 5.65 Å². The van der Waals surface area contributed by atoms with Gasteiger partial charge in [-0.1, -0.05) is 36.4 Å². The summed E-state index contributed by atoms with van der Waals surface area (Å²) in [5.41, 5.74) is 3.31. The number of amides is 1. The van der Waals surface area contributed by atoms with Crippen molar-refractivity contribution in [1.82, 2.24) is 24.2 Å². The highest BCUT2D eigenvalue weighted by molar-refractivity contribution is 5.78. The molecule has 4 aromatic rings. The van der Waals surface area contributed by atoms with Crippen LogP contribution in [0.2, 0.25) is 0 Å². The third-order valence-corrected chi connectivity index (χ3v) is 5.96. The first-order chi connectivity index (χ1) is 15.6. The number of hydrogen-bond donors (Lipinski definition) is 0. The maximum atomic E-state index is 13.0. The molecule has 0 saturated carbocycles. The van der Waals surface area contributed by atoms with Crippen LogP contribution in [0.5, 0.6) is 0 Å². The number of carbonyl (C=O) groups is 1. The predicted octanol–water partition coefficient (Wildman–Crippen LogP) is 2.24. The number of benzene rings is 2. The van der Waals surface area contributed by atoms with Gasteiger partial charge in [-0.15, -0.1) is 0 Å². The van der Waals surface area contributed by atoms with Gasteiger partial charge >= 0.3 is 0 Å². The lowest BCUT2D eigenvalue weighted by Gasteiger charge is -2.36. The lowest BCUT2D eigenvalue weighted by molar-refractivity contribution is -0.132. The van der Waals surface area contributed by atoms with Gasteiger partial charge in [0.2, 0.25) is 5.91 Å². The number of aromatic nitrogens is 4. The molecule has 0 bridgehead atoms. The van der Waals surface area contributed by atoms with Crippen molar-refractivity contribution in [3.8, 4) is 5.69 Å². The summed E-state index contributed by atoms with van der Waals surface area (Å²) in [5.74, 6) is -0.0766. The van der Waals surface area contributed by atoms with E-state index in [9.17, 15) is 9.59 Å². The highest BCUT2D eigenvalue weighted by Gasteiger charge is 2.22. The highest BCUT2D eigenvalue weighted by Crippen LogP contribution is 2.18. The molecule has 0 spiro atoms. The SMILES string of the molecule is Cc1ccccc1-n1ncc2c(=O)n(CC(=O)N3CCN(c4ccccc4)CC3)cnc21. The number of hydrogen-bond acceptors (Lipinski definition) is 5. The van der Waals surface area contributed by atoms with Crippen molar-refractivity contribution in [1.29, 1.82) is 0 Å². The van der Waals surface area contributed by atoms with Crippen molar-refractivity contribution in [2.75, 3.05) is 31.1 Å². The Morgan fingerprint density at radius 1 is 0.969 bits per heavy atom. The van der Waals surface area contributed by atoms with Crippen LogP contribution in [-0.4, -0.2) is 56.3 Å². The molecule has 2 aromatic carbocycles. The largest absolute Gasteiger partial charge is 0.368 e. The quantitative estimate of drug-likeness (QED) is 0.498. The van der Waals surface area contributed by atoms with E-state index in [1.807, 2.05) is 54.3 Å². The van der Waals surface area contributed by atoms with Crippen molar-refractivity contribution in [3.05, 3.63) is 83.0 Å². The van der Waals surface area contributed by atoms with E-state index >= 15 is 0 Å². The number of rotatable bonds is 4. The van der Waals surface area contributed by atoms with Crippen LogP contribution in [0.1, 0.15) is 5.56 Å². The maximum absolute atomic E-state index is 13.0. The summed E-state index contributed by atoms with van der Waals surface area (Å²) in [7, 11) is 0. The molecule has 1 fully saturated rings. The van der Waals surface area contributed by atoms with E-state index < -0.39 is 0 Å². The Balaban J connectivity index is 1.32. The van der Waals surface area contributed by atoms with Crippen LogP contribution in [0.15, 0.2) is 71.9 Å². The Morgan fingerprint density at radius 3 is 2.44 bits per heavy atom. The maximum Gasteiger partial charge on any atom is 0.264 e. The summed E-state index contributed by atoms with van der Waals surface area (Å²) >= 11 is 0. The topological polar surface area (TPSA) is 76.3 Å². The molecule has 0 N–H and O–H groups in total. The van der Waals surface area contributed by atoms with Crippen molar-refractivity contribution in [3.63, 3.8) is 0 Å². The van der Waals surface area contributed by atoms with Crippen LogP contribution in [-0.2, 0) is 11.3 Å². The lowest BCUT2D eigenvalue weighted by Crippen LogP contribution is -2.50. The van der Waals surface area contributed by atoms with Gasteiger partial charge in [0, 0.05) is 31.9 Å². The molecule has 162 valence electrons. The summed E-state index contributed by atoms with van der Waals surface area (Å²) in [6, 6.07) is 18.0. The van der Waals surface area contributed by atoms with Gasteiger partial charge in [0.25, 0.3) is 5.56 Å². The number of nitrogens with zero attached hydrogens (tertiary/aromatic N) is 6. The Labute approximate surface area is 185 Å². The van der Waals surface area contributed by atoms with E-state index in [4.69, 9.17) is 0 Å². The minimum absolute atomic E-state index is 0.0251. The third kappa shape index (κ3) is 3.64. The first-order valence-electron chi connectivity index (χ1n) is 10.7. The number of carbonyl (C=O) groups excluding carboxylic acids is 1. The minimum atomic E-state index is -0.258. The third-order valence-electron chi connectivity index (χ3n) is 5.96. The molecule has 8 heteroatoms. The second-order valence-electron chi connectivity index (χ2n) is 7.96. The molecule has 3 heterocycles. The van der Waals surface area contributed by atoms with Crippen LogP contribution >= 0.6 is 0 Å². The van der Waals surface area contributed by atoms with Gasteiger partial charge < -0.3 is 9.80 Å². The molecular weight excluding hydrogens is 404 g/mol. The van der Waals surface area contributed by atoms with Gasteiger partial charge in [-0.3, -0.25) is 14.2 Å². The fraction of sp³-hybridized carbons (Fsp3) is 0.250. The summed E-state index contributed by atoms with van der Waals surface area (Å²) in [6.45, 7) is 4.76. The molecule has 2 aromatic heterocycles. The van der Waals surface area contributed by atoms with Crippen LogP contribution in [0, 0.1) is 6.92 Å². The Morgan fingerprint density at radius 2 is 1.69 bits per heavy atom. The molecule has 1 saturated heterocycles. The Hall–Kier alpha value is -3.94. The number of anilines is 1. The molecule has 1 aliphatic heterocycles. The molecular formula is C24H24N6O2. The van der Waals surface area contributed by atoms with Gasteiger partial charge in [-0.2, -0.15) is 5.10 Å². The van der Waals surface area contributed by atoms with E-state index in [-0.39, 0.29) is 18.0 Å². The molecule has 1 amide bonds. The molecule has 8 nitrogen and oxygen atoms in total. The van der Waals surface area contributed by atoms with Crippen molar-refractivity contribution < 1.29 is 4.79 Å². The van der Waals surface area contributed by atoms with Gasteiger partial charge in [-0.05, 0) is 30.7 Å². The molecule has 0 atom stereocenters. The first-order valence-corrected chi connectivity index (χ1v) is 10.7. The van der Waals surface area contributed by atoms with E-state index in [1.165, 1.54) is 17.1 Å². The molecule has 32 heavy (non-hydrogen) atoms. The molecule has 1 aliphatic rings. The summed E-state index contributed by atoms with van der Waals surface area (Å²) < 4.78 is 3.04. The fourth-order valence-corrected chi connectivity index (χ4v) is 4.14. The zero-order valence-corrected chi connectivity index (χ0v) is 17.9. The van der Waals surface area contributed by atoms with Crippen molar-refractivity contribution >= 4 is 22.6 Å². The van der Waals surface area contributed by atoms with Crippen LogP contribution < -0.4 is 10.5 Å². The van der Waals surface area contributed by atoms with Crippen LogP contribution in [0.25, 0.3) is 16.7 Å². The zero-order valence-electron chi connectivity index (χ0n) is 17.9. The summed E-state index contributed by atoms with van der Waals surface area (Å²) in [4.78, 5) is 34.4. The molecule has 0 aliphatic carbocycles. The molecule has 0 unspecified atom stereocenters. The van der Waals surface area contributed by atoms with E-state index in [2.05, 4.69) is 27.1 Å². The molecule has 0 radical (unpaired) electrons. The van der Waals surface area contributed by atoms with Gasteiger partial charge in [0.05, 0.1) is 11.9 Å². The van der Waals surface area contributed by atoms with Crippen molar-refractivity contribution in [2.45, 2.75) is 13.5 Å². The van der Waals surface area contributed by atoms with Crippen molar-refractivity contribution in [2.24, 2.45) is 0 Å². The lowest BCUT2D eigenvalue weighted by atomic mass is 10.2. The number of aryl methyl sites for hydroxylation is 1. The first kappa shape index (κ1) is 20.0. The zero-order chi connectivity index (χ0) is 22.1. The van der Waals surface area contributed by atoms with Gasteiger partial charge in [-0.25, -0.2) is 9.67 Å². The van der Waals surface area contributed by atoms with Crippen LogP contribution in [0.3, 0.4) is 0 Å². The Bertz CT molecular complexity index is 1320. The fourth-order valence-electron chi connectivity index (χ4n) is 4.14. The number of piperazine rings is 1. The average Bonchev–Trinajstić information content (AvgIpc) is 3.26. The predicted molar refractivity (Wildman–Crippen MR) is 123 cm³/mol. The second kappa shape index (κ2) is 8.30. The minimum Gasteiger partial charge on any atom is -0.368 e. The average molecular weight is 428 g/mol. The smallest absolute Gasteiger partial charge is 0.264 e. The number of fused-ring (bicyclic) bond motifs is 1. The standard InChI is InChI=1S/C24H24N6O2/c1-18-7-5-6-10-21(18)30-23-20(15-26-30)24(32)29(17-25-23)16-22(31)28-13-11-27(12-14-28)19-8-3-2-4-9-19/h2-10,15,17H,11-14,16H2,1H3. The van der Waals surface area contributed by atoms with E-state index in [0.29, 0.717) is 24.1 Å². The highest BCUT2D eigenvalue weighted by atomic mass is 16.2. The normalized spacial score (nSPS) is 14.2. The summed E-state index contributed by atoms with van der Waals surface area (Å²) in [6.07, 6.45) is 2.97.